The third-order valence-corrected chi connectivity index (χ3v) is 3.30. The number of amides is 1. The Labute approximate surface area is 107 Å². The molecule has 2 rings (SSSR count). The predicted molar refractivity (Wildman–Crippen MR) is 70.1 cm³/mol. The number of aryl methyl sites for hydroxylation is 2. The highest BCUT2D eigenvalue weighted by atomic mass is 16.5. The van der Waals surface area contributed by atoms with E-state index < -0.39 is 0 Å². The first kappa shape index (κ1) is 12.9. The minimum Gasteiger partial charge on any atom is -0.494 e. The van der Waals surface area contributed by atoms with Gasteiger partial charge in [-0.1, -0.05) is 6.07 Å². The van der Waals surface area contributed by atoms with Crippen molar-refractivity contribution in [1.82, 2.24) is 5.43 Å². The number of nitrogens with one attached hydrogen (secondary N) is 1. The highest BCUT2D eigenvalue weighted by Gasteiger charge is 2.09. The van der Waals surface area contributed by atoms with E-state index in [9.17, 15) is 4.79 Å². The van der Waals surface area contributed by atoms with Crippen molar-refractivity contribution < 1.29 is 9.53 Å². The number of hydrazine groups is 1. The maximum Gasteiger partial charge on any atom is 0.234 e. The van der Waals surface area contributed by atoms with Gasteiger partial charge in [-0.05, 0) is 55.4 Å². The van der Waals surface area contributed by atoms with Crippen LogP contribution in [0.4, 0.5) is 0 Å². The monoisotopic (exact) mass is 248 g/mol. The van der Waals surface area contributed by atoms with Crippen LogP contribution in [0, 0.1) is 0 Å². The van der Waals surface area contributed by atoms with Crippen LogP contribution in [0.15, 0.2) is 18.2 Å². The van der Waals surface area contributed by atoms with Crippen molar-refractivity contribution >= 4 is 5.91 Å². The van der Waals surface area contributed by atoms with E-state index in [1.165, 1.54) is 30.4 Å². The number of hydrogen-bond acceptors (Lipinski definition) is 3. The third-order valence-electron chi connectivity index (χ3n) is 3.30. The minimum atomic E-state index is -0.149. The Morgan fingerprint density at radius 3 is 2.83 bits per heavy atom. The molecule has 1 amide bonds. The molecule has 4 nitrogen and oxygen atoms in total. The molecule has 98 valence electrons. The Morgan fingerprint density at radius 2 is 2.06 bits per heavy atom. The van der Waals surface area contributed by atoms with E-state index in [4.69, 9.17) is 10.6 Å². The Morgan fingerprint density at radius 1 is 1.28 bits per heavy atom. The minimum absolute atomic E-state index is 0.149. The average molecular weight is 248 g/mol. The lowest BCUT2D eigenvalue weighted by molar-refractivity contribution is -0.121. The van der Waals surface area contributed by atoms with E-state index in [2.05, 4.69) is 17.6 Å². The fraction of sp³-hybridized carbons (Fsp3) is 0.500. The van der Waals surface area contributed by atoms with Crippen LogP contribution in [0.3, 0.4) is 0 Å². The summed E-state index contributed by atoms with van der Waals surface area (Å²) in [4.78, 5) is 10.9. The molecule has 18 heavy (non-hydrogen) atoms. The number of benzene rings is 1. The molecule has 0 atom stereocenters. The summed E-state index contributed by atoms with van der Waals surface area (Å²) in [6.07, 6.45) is 5.99. The molecule has 0 unspecified atom stereocenters. The van der Waals surface area contributed by atoms with Crippen LogP contribution in [-0.4, -0.2) is 12.5 Å². The fourth-order valence-electron chi connectivity index (χ4n) is 2.29. The fourth-order valence-corrected chi connectivity index (χ4v) is 2.29. The molecule has 0 radical (unpaired) electrons. The molecule has 0 aromatic heterocycles. The molecule has 4 heteroatoms. The molecule has 0 bridgehead atoms. The zero-order chi connectivity index (χ0) is 12.8. The smallest absolute Gasteiger partial charge is 0.234 e. The van der Waals surface area contributed by atoms with Gasteiger partial charge in [0.2, 0.25) is 5.91 Å². The standard InChI is InChI=1S/C14H20N2O2/c15-16-14(17)6-3-9-18-13-8-7-11-4-1-2-5-12(11)10-13/h7-8,10H,1-6,9,15H2,(H,16,17). The summed E-state index contributed by atoms with van der Waals surface area (Å²) in [7, 11) is 0. The van der Waals surface area contributed by atoms with Gasteiger partial charge in [-0.25, -0.2) is 5.84 Å². The van der Waals surface area contributed by atoms with Crippen molar-refractivity contribution in [1.29, 1.82) is 0 Å². The molecule has 1 aromatic carbocycles. The Kier molecular flexibility index (Phi) is 4.59. The van der Waals surface area contributed by atoms with Gasteiger partial charge in [0.25, 0.3) is 0 Å². The van der Waals surface area contributed by atoms with Crippen molar-refractivity contribution in [2.75, 3.05) is 6.61 Å². The number of fused-ring (bicyclic) bond motifs is 1. The van der Waals surface area contributed by atoms with Crippen LogP contribution in [0.1, 0.15) is 36.8 Å². The molecule has 0 saturated carbocycles. The van der Waals surface area contributed by atoms with Crippen LogP contribution >= 0.6 is 0 Å². The first-order valence-electron chi connectivity index (χ1n) is 6.53. The van der Waals surface area contributed by atoms with E-state index >= 15 is 0 Å². The van der Waals surface area contributed by atoms with Crippen LogP contribution in [0.2, 0.25) is 0 Å². The largest absolute Gasteiger partial charge is 0.494 e. The van der Waals surface area contributed by atoms with Crippen LogP contribution < -0.4 is 16.0 Å². The molecule has 0 heterocycles. The van der Waals surface area contributed by atoms with Gasteiger partial charge < -0.3 is 4.74 Å². The zero-order valence-corrected chi connectivity index (χ0v) is 10.6. The SMILES string of the molecule is NNC(=O)CCCOc1ccc2c(c1)CCCC2. The van der Waals surface area contributed by atoms with Gasteiger partial charge in [0.1, 0.15) is 5.75 Å². The van der Waals surface area contributed by atoms with Gasteiger partial charge in [0, 0.05) is 6.42 Å². The van der Waals surface area contributed by atoms with Gasteiger partial charge in [0.15, 0.2) is 0 Å². The Balaban J connectivity index is 1.81. The average Bonchev–Trinajstić information content (AvgIpc) is 2.43. The van der Waals surface area contributed by atoms with E-state index in [-0.39, 0.29) is 5.91 Å². The van der Waals surface area contributed by atoms with Crippen molar-refractivity contribution in [2.24, 2.45) is 5.84 Å². The molecular weight excluding hydrogens is 228 g/mol. The third kappa shape index (κ3) is 3.47. The summed E-state index contributed by atoms with van der Waals surface area (Å²) in [6, 6.07) is 6.32. The summed E-state index contributed by atoms with van der Waals surface area (Å²) in [6.45, 7) is 0.548. The van der Waals surface area contributed by atoms with Gasteiger partial charge in [-0.15, -0.1) is 0 Å². The summed E-state index contributed by atoms with van der Waals surface area (Å²) in [5.74, 6) is 5.76. The van der Waals surface area contributed by atoms with Gasteiger partial charge in [0.05, 0.1) is 6.61 Å². The number of nitrogens with two attached hydrogens (primary N) is 1. The van der Waals surface area contributed by atoms with E-state index in [1.54, 1.807) is 0 Å². The highest BCUT2D eigenvalue weighted by molar-refractivity contribution is 5.75. The Hall–Kier alpha value is -1.55. The number of ether oxygens (including phenoxy) is 1. The number of hydrogen-bond donors (Lipinski definition) is 2. The second-order valence-corrected chi connectivity index (χ2v) is 4.66. The summed E-state index contributed by atoms with van der Waals surface area (Å²) >= 11 is 0. The van der Waals surface area contributed by atoms with Gasteiger partial charge in [-0.2, -0.15) is 0 Å². The lowest BCUT2D eigenvalue weighted by atomic mass is 9.92. The Bertz CT molecular complexity index is 418. The second kappa shape index (κ2) is 6.40. The number of carbonyl (C=O) groups is 1. The molecule has 1 aliphatic rings. The normalized spacial score (nSPS) is 13.8. The second-order valence-electron chi connectivity index (χ2n) is 4.66. The predicted octanol–water partition coefficient (Wildman–Crippen LogP) is 1.71. The molecule has 1 aromatic rings. The maximum atomic E-state index is 10.9. The summed E-state index contributed by atoms with van der Waals surface area (Å²) in [5.41, 5.74) is 4.98. The van der Waals surface area contributed by atoms with Gasteiger partial charge in [-0.3, -0.25) is 10.2 Å². The topological polar surface area (TPSA) is 64.3 Å². The highest BCUT2D eigenvalue weighted by Crippen LogP contribution is 2.25. The maximum absolute atomic E-state index is 10.9. The quantitative estimate of drug-likeness (QED) is 0.361. The molecule has 0 fully saturated rings. The van der Waals surface area contributed by atoms with Crippen molar-refractivity contribution in [3.63, 3.8) is 0 Å². The molecular formula is C14H20N2O2. The summed E-state index contributed by atoms with van der Waals surface area (Å²) in [5, 5.41) is 0. The van der Waals surface area contributed by atoms with Gasteiger partial charge >= 0.3 is 0 Å². The summed E-state index contributed by atoms with van der Waals surface area (Å²) < 4.78 is 5.65. The van der Waals surface area contributed by atoms with E-state index in [0.717, 1.165) is 12.2 Å². The zero-order valence-electron chi connectivity index (χ0n) is 10.6. The molecule has 0 spiro atoms. The van der Waals surface area contributed by atoms with Crippen molar-refractivity contribution in [2.45, 2.75) is 38.5 Å². The van der Waals surface area contributed by atoms with Crippen molar-refractivity contribution in [3.05, 3.63) is 29.3 Å². The molecule has 0 saturated heterocycles. The van der Waals surface area contributed by atoms with Crippen LogP contribution in [0.25, 0.3) is 0 Å². The first-order chi connectivity index (χ1) is 8.79. The molecule has 3 N–H and O–H groups in total. The van der Waals surface area contributed by atoms with E-state index in [1.807, 2.05) is 6.07 Å². The lowest BCUT2D eigenvalue weighted by Gasteiger charge is -2.16. The molecule has 1 aliphatic carbocycles. The van der Waals surface area contributed by atoms with Crippen LogP contribution in [0.5, 0.6) is 5.75 Å². The van der Waals surface area contributed by atoms with Crippen molar-refractivity contribution in [3.8, 4) is 5.75 Å². The number of carbonyl (C=O) groups excluding carboxylic acids is 1. The lowest BCUT2D eigenvalue weighted by Crippen LogP contribution is -2.29. The van der Waals surface area contributed by atoms with E-state index in [0.29, 0.717) is 19.4 Å². The first-order valence-corrected chi connectivity index (χ1v) is 6.53. The molecule has 0 aliphatic heterocycles. The number of rotatable bonds is 5. The van der Waals surface area contributed by atoms with Crippen LogP contribution in [-0.2, 0) is 17.6 Å².